The summed E-state index contributed by atoms with van der Waals surface area (Å²) in [5.41, 5.74) is 5.63. The molecule has 7 heteroatoms. The minimum atomic E-state index is -1.46. The number of Topliss-reactive ketones (excluding diaryl/α,β-unsaturated/α-hetero) is 1. The van der Waals surface area contributed by atoms with Crippen LogP contribution in [0.25, 0.3) is 11.0 Å². The van der Waals surface area contributed by atoms with Gasteiger partial charge < -0.3 is 15.5 Å². The zero-order valence-corrected chi connectivity index (χ0v) is 11.0. The summed E-state index contributed by atoms with van der Waals surface area (Å²) in [6.45, 7) is 1.13. The predicted molar refractivity (Wildman–Crippen MR) is 73.1 cm³/mol. The van der Waals surface area contributed by atoms with Crippen molar-refractivity contribution in [3.05, 3.63) is 30.0 Å². The van der Waals surface area contributed by atoms with Gasteiger partial charge in [-0.15, -0.1) is 0 Å². The number of ketones is 1. The number of anilines is 1. The van der Waals surface area contributed by atoms with E-state index in [1.807, 2.05) is 0 Å². The summed E-state index contributed by atoms with van der Waals surface area (Å²) in [5.74, 6) is -3.98. The molecular formula is C14H11N3O4. The third-order valence-electron chi connectivity index (χ3n) is 2.87. The summed E-state index contributed by atoms with van der Waals surface area (Å²) in [7, 11) is 0. The number of para-hydroxylation sites is 1. The summed E-state index contributed by atoms with van der Waals surface area (Å²) in [6, 6.07) is 8.20. The highest BCUT2D eigenvalue weighted by atomic mass is 16.3. The zero-order chi connectivity index (χ0) is 15.6. The molecule has 3 N–H and O–H groups in total. The molecule has 0 fully saturated rings. The van der Waals surface area contributed by atoms with Crippen molar-refractivity contribution in [3.8, 4) is 6.07 Å². The van der Waals surface area contributed by atoms with E-state index in [0.717, 1.165) is 6.92 Å². The Kier molecular flexibility index (Phi) is 3.71. The Morgan fingerprint density at radius 2 is 2.00 bits per heavy atom. The van der Waals surface area contributed by atoms with Gasteiger partial charge in [-0.25, -0.2) is 0 Å². The second kappa shape index (κ2) is 5.46. The maximum atomic E-state index is 12.0. The van der Waals surface area contributed by atoms with Gasteiger partial charge in [-0.3, -0.25) is 14.4 Å². The minimum absolute atomic E-state index is 0.0598. The number of fused-ring (bicyclic) bond motifs is 1. The lowest BCUT2D eigenvalue weighted by atomic mass is 10.1. The third kappa shape index (κ3) is 2.60. The second-order valence-corrected chi connectivity index (χ2v) is 4.33. The molecule has 1 heterocycles. The number of nitrogens with zero attached hydrogens (tertiary/aromatic N) is 1. The summed E-state index contributed by atoms with van der Waals surface area (Å²) in [4.78, 5) is 34.6. The third-order valence-corrected chi connectivity index (χ3v) is 2.87. The van der Waals surface area contributed by atoms with Crippen LogP contribution in [0.2, 0.25) is 0 Å². The number of carbonyl (C=O) groups is 3. The molecule has 0 aliphatic rings. The lowest BCUT2D eigenvalue weighted by Crippen LogP contribution is -2.27. The molecule has 7 nitrogen and oxygen atoms in total. The number of carbonyl (C=O) groups excluding carboxylic acids is 3. The molecular weight excluding hydrogens is 274 g/mol. The Morgan fingerprint density at radius 3 is 2.57 bits per heavy atom. The van der Waals surface area contributed by atoms with E-state index in [-0.39, 0.29) is 11.4 Å². The lowest BCUT2D eigenvalue weighted by Gasteiger charge is -2.07. The fourth-order valence-corrected chi connectivity index (χ4v) is 1.87. The SMILES string of the molecule is CC(=O)C(C#N)C(=O)Nc1c(C(N)=O)oc2ccccc12. The van der Waals surface area contributed by atoms with Crippen LogP contribution in [0.5, 0.6) is 0 Å². The number of rotatable bonds is 4. The van der Waals surface area contributed by atoms with Crippen LogP contribution in [-0.4, -0.2) is 17.6 Å². The Labute approximate surface area is 119 Å². The average molecular weight is 285 g/mol. The van der Waals surface area contributed by atoms with Crippen molar-refractivity contribution in [2.45, 2.75) is 6.92 Å². The Hall–Kier alpha value is -3.14. The number of furan rings is 1. The molecule has 2 aromatic rings. The molecule has 0 bridgehead atoms. The van der Waals surface area contributed by atoms with Gasteiger partial charge in [0.05, 0.1) is 6.07 Å². The quantitative estimate of drug-likeness (QED) is 0.816. The minimum Gasteiger partial charge on any atom is -0.449 e. The van der Waals surface area contributed by atoms with Crippen LogP contribution < -0.4 is 11.1 Å². The Balaban J connectivity index is 2.48. The molecule has 1 aromatic carbocycles. The smallest absolute Gasteiger partial charge is 0.286 e. The van der Waals surface area contributed by atoms with Crippen molar-refractivity contribution in [1.82, 2.24) is 0 Å². The van der Waals surface area contributed by atoms with Crippen molar-refractivity contribution in [1.29, 1.82) is 5.26 Å². The molecule has 0 aliphatic heterocycles. The van der Waals surface area contributed by atoms with E-state index >= 15 is 0 Å². The number of primary amides is 1. The van der Waals surface area contributed by atoms with Gasteiger partial charge in [-0.2, -0.15) is 5.26 Å². The Morgan fingerprint density at radius 1 is 1.33 bits per heavy atom. The van der Waals surface area contributed by atoms with E-state index in [9.17, 15) is 14.4 Å². The molecule has 0 radical (unpaired) electrons. The lowest BCUT2D eigenvalue weighted by molar-refractivity contribution is -0.127. The molecule has 0 spiro atoms. The summed E-state index contributed by atoms with van der Waals surface area (Å²) < 4.78 is 5.28. The van der Waals surface area contributed by atoms with Gasteiger partial charge >= 0.3 is 0 Å². The van der Waals surface area contributed by atoms with Gasteiger partial charge in [0.15, 0.2) is 11.7 Å². The highest BCUT2D eigenvalue weighted by Crippen LogP contribution is 2.30. The van der Waals surface area contributed by atoms with Gasteiger partial charge in [0.2, 0.25) is 11.7 Å². The maximum Gasteiger partial charge on any atom is 0.286 e. The zero-order valence-electron chi connectivity index (χ0n) is 11.0. The fraction of sp³-hybridized carbons (Fsp3) is 0.143. The van der Waals surface area contributed by atoms with Crippen molar-refractivity contribution >= 4 is 34.3 Å². The van der Waals surface area contributed by atoms with Gasteiger partial charge in [0.1, 0.15) is 11.3 Å². The van der Waals surface area contributed by atoms with E-state index in [1.165, 1.54) is 0 Å². The number of nitrogens with two attached hydrogens (primary N) is 1. The maximum absolute atomic E-state index is 12.0. The van der Waals surface area contributed by atoms with Crippen molar-refractivity contribution in [2.24, 2.45) is 11.7 Å². The van der Waals surface area contributed by atoms with Gasteiger partial charge in [0, 0.05) is 5.39 Å². The molecule has 0 saturated carbocycles. The molecule has 2 amide bonds. The first-order valence-corrected chi connectivity index (χ1v) is 5.98. The van der Waals surface area contributed by atoms with Crippen LogP contribution >= 0.6 is 0 Å². The van der Waals surface area contributed by atoms with E-state index in [4.69, 9.17) is 15.4 Å². The number of benzene rings is 1. The summed E-state index contributed by atoms with van der Waals surface area (Å²) in [5, 5.41) is 11.7. The number of hydrogen-bond acceptors (Lipinski definition) is 5. The van der Waals surface area contributed by atoms with E-state index < -0.39 is 23.5 Å². The van der Waals surface area contributed by atoms with Gasteiger partial charge in [-0.05, 0) is 19.1 Å². The first-order valence-electron chi connectivity index (χ1n) is 5.98. The van der Waals surface area contributed by atoms with Crippen LogP contribution in [0.4, 0.5) is 5.69 Å². The standard InChI is InChI=1S/C14H11N3O4/c1-7(18)9(6-15)14(20)17-11-8-4-2-3-5-10(8)21-12(11)13(16)19/h2-5,9H,1H3,(H2,16,19)(H,17,20). The first kappa shape index (κ1) is 14.3. The molecule has 1 atom stereocenters. The predicted octanol–water partition coefficient (Wildman–Crippen LogP) is 1.20. The number of hydrogen-bond donors (Lipinski definition) is 2. The molecule has 1 aromatic heterocycles. The van der Waals surface area contributed by atoms with Crippen molar-refractivity contribution < 1.29 is 18.8 Å². The molecule has 1 unspecified atom stereocenters. The van der Waals surface area contributed by atoms with Crippen LogP contribution in [0.1, 0.15) is 17.5 Å². The monoisotopic (exact) mass is 285 g/mol. The number of nitriles is 1. The van der Waals surface area contributed by atoms with E-state index in [1.54, 1.807) is 30.3 Å². The normalized spacial score (nSPS) is 11.6. The van der Waals surface area contributed by atoms with Crippen LogP contribution in [0, 0.1) is 17.2 Å². The highest BCUT2D eigenvalue weighted by Gasteiger charge is 2.26. The fourth-order valence-electron chi connectivity index (χ4n) is 1.87. The Bertz CT molecular complexity index is 785. The molecule has 0 saturated heterocycles. The molecule has 21 heavy (non-hydrogen) atoms. The van der Waals surface area contributed by atoms with Crippen molar-refractivity contribution in [2.75, 3.05) is 5.32 Å². The summed E-state index contributed by atoms with van der Waals surface area (Å²) in [6.07, 6.45) is 0. The number of nitrogens with one attached hydrogen (secondary N) is 1. The molecule has 106 valence electrons. The largest absolute Gasteiger partial charge is 0.449 e. The first-order chi connectivity index (χ1) is 9.95. The van der Waals surface area contributed by atoms with E-state index in [2.05, 4.69) is 5.32 Å². The van der Waals surface area contributed by atoms with Gasteiger partial charge in [-0.1, -0.05) is 12.1 Å². The molecule has 0 aliphatic carbocycles. The second-order valence-electron chi connectivity index (χ2n) is 4.33. The average Bonchev–Trinajstić information content (AvgIpc) is 2.78. The highest BCUT2D eigenvalue weighted by molar-refractivity contribution is 6.15. The van der Waals surface area contributed by atoms with Crippen molar-refractivity contribution in [3.63, 3.8) is 0 Å². The molecule has 2 rings (SSSR count). The van der Waals surface area contributed by atoms with Gasteiger partial charge in [0.25, 0.3) is 5.91 Å². The van der Waals surface area contributed by atoms with E-state index in [0.29, 0.717) is 11.0 Å². The topological polar surface area (TPSA) is 126 Å². The van der Waals surface area contributed by atoms with Crippen LogP contribution in [0.3, 0.4) is 0 Å². The van der Waals surface area contributed by atoms with Crippen LogP contribution in [-0.2, 0) is 9.59 Å². The van der Waals surface area contributed by atoms with Crippen LogP contribution in [0.15, 0.2) is 28.7 Å². The summed E-state index contributed by atoms with van der Waals surface area (Å²) >= 11 is 0. The number of amides is 2.